The molecule has 0 radical (unpaired) electrons. The van der Waals surface area contributed by atoms with Crippen LogP contribution < -0.4 is 10.1 Å². The van der Waals surface area contributed by atoms with Gasteiger partial charge in [0, 0.05) is 23.9 Å². The maximum atomic E-state index is 11.7. The van der Waals surface area contributed by atoms with Crippen molar-refractivity contribution in [2.75, 3.05) is 6.54 Å². The van der Waals surface area contributed by atoms with Crippen LogP contribution >= 0.6 is 0 Å². The minimum Gasteiger partial charge on any atom is -0.427 e. The summed E-state index contributed by atoms with van der Waals surface area (Å²) in [6.07, 6.45) is 0.710. The van der Waals surface area contributed by atoms with E-state index in [2.05, 4.69) is 5.32 Å². The number of carbonyl (C=O) groups excluding carboxylic acids is 3. The molecule has 1 aromatic rings. The minimum atomic E-state index is -0.437. The monoisotopic (exact) mass is 305 g/mol. The molecule has 1 rings (SSSR count). The van der Waals surface area contributed by atoms with E-state index in [4.69, 9.17) is 4.74 Å². The van der Waals surface area contributed by atoms with Crippen molar-refractivity contribution in [3.63, 3.8) is 0 Å². The lowest BCUT2D eigenvalue weighted by Gasteiger charge is -2.17. The molecule has 0 unspecified atom stereocenters. The number of hydrogen-bond donors (Lipinski definition) is 1. The number of ketones is 1. The molecule has 0 spiro atoms. The van der Waals surface area contributed by atoms with Gasteiger partial charge in [0.1, 0.15) is 5.75 Å². The summed E-state index contributed by atoms with van der Waals surface area (Å²) in [7, 11) is 0. The molecule has 120 valence electrons. The highest BCUT2D eigenvalue weighted by atomic mass is 16.5. The van der Waals surface area contributed by atoms with E-state index in [1.54, 1.807) is 24.3 Å². The lowest BCUT2D eigenvalue weighted by atomic mass is 9.96. The van der Waals surface area contributed by atoms with Crippen LogP contribution in [0.15, 0.2) is 24.3 Å². The molecule has 0 aliphatic heterocycles. The van der Waals surface area contributed by atoms with Gasteiger partial charge >= 0.3 is 5.97 Å². The van der Waals surface area contributed by atoms with Crippen LogP contribution in [-0.2, 0) is 9.59 Å². The lowest BCUT2D eigenvalue weighted by molar-refractivity contribution is -0.135. The Morgan fingerprint density at radius 1 is 1.18 bits per heavy atom. The van der Waals surface area contributed by atoms with Crippen LogP contribution in [0.5, 0.6) is 5.75 Å². The zero-order valence-electron chi connectivity index (χ0n) is 13.6. The van der Waals surface area contributed by atoms with Gasteiger partial charge in [-0.1, -0.05) is 32.9 Å². The number of ether oxygens (including phenoxy) is 1. The highest BCUT2D eigenvalue weighted by Gasteiger charge is 2.20. The van der Waals surface area contributed by atoms with Crippen molar-refractivity contribution in [2.45, 2.75) is 40.5 Å². The molecule has 1 amide bonds. The van der Waals surface area contributed by atoms with Gasteiger partial charge in [-0.05, 0) is 25.5 Å². The zero-order valence-corrected chi connectivity index (χ0v) is 13.6. The average Bonchev–Trinajstić information content (AvgIpc) is 2.42. The van der Waals surface area contributed by atoms with E-state index < -0.39 is 5.41 Å². The minimum absolute atomic E-state index is 0.0463. The highest BCUT2D eigenvalue weighted by Crippen LogP contribution is 2.15. The SMILES string of the molecule is CC(=O)c1cccc(OC(=O)CCCNC(=O)C(C)(C)C)c1. The average molecular weight is 305 g/mol. The van der Waals surface area contributed by atoms with Crippen LogP contribution in [-0.4, -0.2) is 24.2 Å². The molecule has 0 aliphatic rings. The quantitative estimate of drug-likeness (QED) is 0.379. The number of hydrogen-bond acceptors (Lipinski definition) is 4. The molecule has 5 heteroatoms. The van der Waals surface area contributed by atoms with Gasteiger partial charge in [-0.2, -0.15) is 0 Å². The number of amides is 1. The van der Waals surface area contributed by atoms with Gasteiger partial charge in [0.05, 0.1) is 0 Å². The summed E-state index contributed by atoms with van der Waals surface area (Å²) < 4.78 is 5.18. The number of esters is 1. The van der Waals surface area contributed by atoms with Crippen molar-refractivity contribution in [1.82, 2.24) is 5.32 Å². The largest absolute Gasteiger partial charge is 0.427 e. The molecule has 0 aliphatic carbocycles. The van der Waals surface area contributed by atoms with Crippen molar-refractivity contribution in [3.8, 4) is 5.75 Å². The molecule has 0 atom stereocenters. The highest BCUT2D eigenvalue weighted by molar-refractivity contribution is 5.94. The first kappa shape index (κ1) is 17.9. The van der Waals surface area contributed by atoms with Crippen LogP contribution in [0.3, 0.4) is 0 Å². The van der Waals surface area contributed by atoms with Gasteiger partial charge in [0.15, 0.2) is 5.78 Å². The van der Waals surface area contributed by atoms with Crippen molar-refractivity contribution in [3.05, 3.63) is 29.8 Å². The molecule has 0 saturated carbocycles. The Labute approximate surface area is 131 Å². The molecule has 1 aromatic carbocycles. The maximum Gasteiger partial charge on any atom is 0.311 e. The van der Waals surface area contributed by atoms with Gasteiger partial charge in [-0.3, -0.25) is 14.4 Å². The van der Waals surface area contributed by atoms with Crippen LogP contribution in [0.1, 0.15) is 50.9 Å². The van der Waals surface area contributed by atoms with Crippen LogP contribution in [0, 0.1) is 5.41 Å². The van der Waals surface area contributed by atoms with E-state index in [1.165, 1.54) is 6.92 Å². The van der Waals surface area contributed by atoms with E-state index in [1.807, 2.05) is 20.8 Å². The van der Waals surface area contributed by atoms with Gasteiger partial charge in [0.25, 0.3) is 0 Å². The van der Waals surface area contributed by atoms with E-state index in [9.17, 15) is 14.4 Å². The summed E-state index contributed by atoms with van der Waals surface area (Å²) in [5, 5.41) is 2.77. The third kappa shape index (κ3) is 6.08. The van der Waals surface area contributed by atoms with Gasteiger partial charge < -0.3 is 10.1 Å². The third-order valence-electron chi connectivity index (χ3n) is 3.00. The first-order valence-corrected chi connectivity index (χ1v) is 7.30. The fraction of sp³-hybridized carbons (Fsp3) is 0.471. The number of nitrogens with one attached hydrogen (secondary N) is 1. The second kappa shape index (κ2) is 7.73. The number of benzene rings is 1. The summed E-state index contributed by atoms with van der Waals surface area (Å²) >= 11 is 0. The Bertz CT molecular complexity index is 558. The molecular weight excluding hydrogens is 282 g/mol. The van der Waals surface area contributed by atoms with Crippen molar-refractivity contribution in [2.24, 2.45) is 5.41 Å². The second-order valence-electron chi connectivity index (χ2n) is 6.17. The van der Waals surface area contributed by atoms with Crippen LogP contribution in [0.2, 0.25) is 0 Å². The number of Topliss-reactive ketones (excluding diaryl/α,β-unsaturated/α-hetero) is 1. The zero-order chi connectivity index (χ0) is 16.8. The molecular formula is C17H23NO4. The first-order chi connectivity index (χ1) is 10.2. The smallest absolute Gasteiger partial charge is 0.311 e. The molecule has 5 nitrogen and oxygen atoms in total. The Hall–Kier alpha value is -2.17. The molecule has 0 fully saturated rings. The van der Waals surface area contributed by atoms with E-state index in [0.717, 1.165) is 0 Å². The normalized spacial score (nSPS) is 10.9. The number of carbonyl (C=O) groups is 3. The molecule has 0 bridgehead atoms. The Morgan fingerprint density at radius 2 is 1.86 bits per heavy atom. The van der Waals surface area contributed by atoms with Crippen LogP contribution in [0.4, 0.5) is 0 Å². The third-order valence-corrected chi connectivity index (χ3v) is 3.00. The van der Waals surface area contributed by atoms with Crippen LogP contribution in [0.25, 0.3) is 0 Å². The van der Waals surface area contributed by atoms with E-state index in [-0.39, 0.29) is 24.1 Å². The maximum absolute atomic E-state index is 11.7. The fourth-order valence-electron chi connectivity index (χ4n) is 1.66. The summed E-state index contributed by atoms with van der Waals surface area (Å²) in [4.78, 5) is 34.6. The Morgan fingerprint density at radius 3 is 2.45 bits per heavy atom. The van der Waals surface area contributed by atoms with Crippen molar-refractivity contribution in [1.29, 1.82) is 0 Å². The lowest BCUT2D eigenvalue weighted by Crippen LogP contribution is -2.35. The predicted molar refractivity (Wildman–Crippen MR) is 83.8 cm³/mol. The topological polar surface area (TPSA) is 72.5 Å². The van der Waals surface area contributed by atoms with Crippen molar-refractivity contribution >= 4 is 17.7 Å². The van der Waals surface area contributed by atoms with E-state index in [0.29, 0.717) is 24.3 Å². The molecule has 22 heavy (non-hydrogen) atoms. The molecule has 0 saturated heterocycles. The summed E-state index contributed by atoms with van der Waals surface area (Å²) in [6, 6.07) is 6.51. The number of rotatable bonds is 6. The fourth-order valence-corrected chi connectivity index (χ4v) is 1.66. The summed E-state index contributed by atoms with van der Waals surface area (Å²) in [5.74, 6) is -0.153. The Balaban J connectivity index is 2.37. The summed E-state index contributed by atoms with van der Waals surface area (Å²) in [6.45, 7) is 7.38. The second-order valence-corrected chi connectivity index (χ2v) is 6.17. The molecule has 0 aromatic heterocycles. The van der Waals surface area contributed by atoms with Gasteiger partial charge in [-0.15, -0.1) is 0 Å². The summed E-state index contributed by atoms with van der Waals surface area (Å²) in [5.41, 5.74) is 0.0657. The van der Waals surface area contributed by atoms with Gasteiger partial charge in [0.2, 0.25) is 5.91 Å². The molecule has 0 heterocycles. The van der Waals surface area contributed by atoms with Crippen molar-refractivity contribution < 1.29 is 19.1 Å². The predicted octanol–water partition coefficient (Wildman–Crippen LogP) is 2.74. The molecule has 1 N–H and O–H groups in total. The first-order valence-electron chi connectivity index (χ1n) is 7.30. The van der Waals surface area contributed by atoms with E-state index >= 15 is 0 Å². The Kier molecular flexibility index (Phi) is 6.28. The van der Waals surface area contributed by atoms with Gasteiger partial charge in [-0.25, -0.2) is 0 Å². The standard InChI is InChI=1S/C17H23NO4/c1-12(19)13-7-5-8-14(11-13)22-15(20)9-6-10-18-16(21)17(2,3)4/h5,7-8,11H,6,9-10H2,1-4H3,(H,18,21).